The minimum absolute atomic E-state index is 0.127. The summed E-state index contributed by atoms with van der Waals surface area (Å²) in [5, 5.41) is 3.22. The van der Waals surface area contributed by atoms with Gasteiger partial charge in [0.15, 0.2) is 16.3 Å². The van der Waals surface area contributed by atoms with Crippen LogP contribution in [0.4, 0.5) is 5.69 Å². The third-order valence-corrected chi connectivity index (χ3v) is 4.59. The van der Waals surface area contributed by atoms with Gasteiger partial charge in [0.25, 0.3) is 5.56 Å². The van der Waals surface area contributed by atoms with Gasteiger partial charge >= 0.3 is 5.69 Å². The van der Waals surface area contributed by atoms with Crippen molar-refractivity contribution >= 4 is 34.5 Å². The van der Waals surface area contributed by atoms with Crippen LogP contribution in [0.15, 0.2) is 39.0 Å². The average molecular weight is 359 g/mol. The van der Waals surface area contributed by atoms with Gasteiger partial charge < -0.3 is 10.3 Å². The predicted molar refractivity (Wildman–Crippen MR) is 97.1 cm³/mol. The molecule has 1 amide bonds. The predicted octanol–water partition coefficient (Wildman–Crippen LogP) is 1.000. The summed E-state index contributed by atoms with van der Waals surface area (Å²) < 4.78 is 2.31. The molecule has 0 radical (unpaired) electrons. The van der Waals surface area contributed by atoms with E-state index in [0.29, 0.717) is 5.16 Å². The SMILES string of the molecule is Cc1cccc(NC(=O)CSc2nc3c([nH]2)c(=O)n(C)c(=O)n3C)c1. The summed E-state index contributed by atoms with van der Waals surface area (Å²) in [7, 11) is 2.96. The topological polar surface area (TPSA) is 102 Å². The Morgan fingerprint density at radius 2 is 2.04 bits per heavy atom. The normalized spacial score (nSPS) is 11.0. The van der Waals surface area contributed by atoms with Crippen LogP contribution in [-0.4, -0.2) is 30.8 Å². The molecule has 25 heavy (non-hydrogen) atoms. The number of aromatic amines is 1. The molecule has 0 unspecified atom stereocenters. The fourth-order valence-corrected chi connectivity index (χ4v) is 3.09. The highest BCUT2D eigenvalue weighted by molar-refractivity contribution is 7.99. The number of hydrogen-bond acceptors (Lipinski definition) is 5. The Balaban J connectivity index is 1.76. The van der Waals surface area contributed by atoms with E-state index in [-0.39, 0.29) is 22.8 Å². The zero-order valence-electron chi connectivity index (χ0n) is 14.0. The summed E-state index contributed by atoms with van der Waals surface area (Å²) in [6.07, 6.45) is 0. The molecule has 3 aromatic rings. The lowest BCUT2D eigenvalue weighted by molar-refractivity contribution is -0.113. The third-order valence-electron chi connectivity index (χ3n) is 3.71. The smallest absolute Gasteiger partial charge is 0.327 e. The van der Waals surface area contributed by atoms with Crippen LogP contribution in [0.2, 0.25) is 0 Å². The van der Waals surface area contributed by atoms with E-state index in [9.17, 15) is 14.4 Å². The Hall–Kier alpha value is -2.81. The number of hydrogen-bond donors (Lipinski definition) is 2. The number of aryl methyl sites for hydroxylation is 2. The van der Waals surface area contributed by atoms with Gasteiger partial charge in [-0.25, -0.2) is 9.78 Å². The molecule has 0 aliphatic heterocycles. The second-order valence-corrected chi connectivity index (χ2v) is 6.62. The maximum absolute atomic E-state index is 12.1. The van der Waals surface area contributed by atoms with Crippen molar-refractivity contribution < 1.29 is 4.79 Å². The molecule has 0 fully saturated rings. The number of imidazole rings is 1. The van der Waals surface area contributed by atoms with Crippen molar-refractivity contribution in [2.75, 3.05) is 11.1 Å². The number of nitrogens with one attached hydrogen (secondary N) is 2. The van der Waals surface area contributed by atoms with Gasteiger partial charge in [-0.2, -0.15) is 0 Å². The van der Waals surface area contributed by atoms with E-state index < -0.39 is 11.2 Å². The highest BCUT2D eigenvalue weighted by Crippen LogP contribution is 2.17. The van der Waals surface area contributed by atoms with Crippen LogP contribution in [-0.2, 0) is 18.9 Å². The van der Waals surface area contributed by atoms with Gasteiger partial charge in [-0.3, -0.25) is 18.7 Å². The van der Waals surface area contributed by atoms with Crippen LogP contribution < -0.4 is 16.6 Å². The zero-order chi connectivity index (χ0) is 18.1. The summed E-state index contributed by atoms with van der Waals surface area (Å²) >= 11 is 1.16. The maximum Gasteiger partial charge on any atom is 0.332 e. The molecule has 2 aromatic heterocycles. The van der Waals surface area contributed by atoms with Crippen LogP contribution in [0.3, 0.4) is 0 Å². The number of carbonyl (C=O) groups is 1. The van der Waals surface area contributed by atoms with E-state index in [1.807, 2.05) is 31.2 Å². The number of benzene rings is 1. The lowest BCUT2D eigenvalue weighted by atomic mass is 10.2. The van der Waals surface area contributed by atoms with E-state index in [2.05, 4.69) is 15.3 Å². The van der Waals surface area contributed by atoms with Crippen molar-refractivity contribution in [1.29, 1.82) is 0 Å². The standard InChI is InChI=1S/C16H17N5O3S/c1-9-5-4-6-10(7-9)17-11(22)8-25-15-18-12-13(19-15)20(2)16(24)21(3)14(12)23/h4-7H,8H2,1-3H3,(H,17,22)(H,18,19). The minimum Gasteiger partial charge on any atom is -0.327 e. The van der Waals surface area contributed by atoms with Crippen molar-refractivity contribution in [3.8, 4) is 0 Å². The van der Waals surface area contributed by atoms with E-state index in [4.69, 9.17) is 0 Å². The zero-order valence-corrected chi connectivity index (χ0v) is 14.8. The lowest BCUT2D eigenvalue weighted by Gasteiger charge is -2.04. The largest absolute Gasteiger partial charge is 0.332 e. The molecule has 0 aliphatic rings. The second-order valence-electron chi connectivity index (χ2n) is 5.65. The second kappa shape index (κ2) is 6.60. The number of rotatable bonds is 4. The van der Waals surface area contributed by atoms with Crippen LogP contribution >= 0.6 is 11.8 Å². The first-order valence-electron chi connectivity index (χ1n) is 7.52. The minimum atomic E-state index is -0.447. The molecule has 2 heterocycles. The van der Waals surface area contributed by atoms with Gasteiger partial charge in [0.05, 0.1) is 5.75 Å². The van der Waals surface area contributed by atoms with Crippen molar-refractivity contribution in [3.63, 3.8) is 0 Å². The summed E-state index contributed by atoms with van der Waals surface area (Å²) in [6.45, 7) is 1.95. The fraction of sp³-hybridized carbons (Fsp3) is 0.250. The summed E-state index contributed by atoms with van der Waals surface area (Å²) in [5.74, 6) is -0.0555. The molecule has 3 rings (SSSR count). The first kappa shape index (κ1) is 17.0. The molecule has 0 saturated heterocycles. The van der Waals surface area contributed by atoms with Crippen LogP contribution in [0.1, 0.15) is 5.56 Å². The van der Waals surface area contributed by atoms with Crippen molar-refractivity contribution in [2.24, 2.45) is 14.1 Å². The van der Waals surface area contributed by atoms with E-state index >= 15 is 0 Å². The lowest BCUT2D eigenvalue weighted by Crippen LogP contribution is -2.36. The first-order chi connectivity index (χ1) is 11.9. The summed E-state index contributed by atoms with van der Waals surface area (Å²) in [5.41, 5.74) is 1.41. The number of thioether (sulfide) groups is 1. The van der Waals surface area contributed by atoms with Gasteiger partial charge in [0.2, 0.25) is 5.91 Å². The molecule has 9 heteroatoms. The fourth-order valence-electron chi connectivity index (χ4n) is 2.43. The number of aromatic nitrogens is 4. The highest BCUT2D eigenvalue weighted by atomic mass is 32.2. The Morgan fingerprint density at radius 1 is 1.28 bits per heavy atom. The summed E-state index contributed by atoms with van der Waals surface area (Å²) in [4.78, 5) is 43.2. The van der Waals surface area contributed by atoms with Crippen LogP contribution in [0.5, 0.6) is 0 Å². The average Bonchev–Trinajstić information content (AvgIpc) is 3.01. The number of anilines is 1. The molecule has 130 valence electrons. The molecule has 8 nitrogen and oxygen atoms in total. The number of nitrogens with zero attached hydrogens (tertiary/aromatic N) is 3. The van der Waals surface area contributed by atoms with Gasteiger partial charge in [-0.15, -0.1) is 0 Å². The van der Waals surface area contributed by atoms with E-state index in [1.165, 1.54) is 11.6 Å². The van der Waals surface area contributed by atoms with Crippen molar-refractivity contribution in [1.82, 2.24) is 19.1 Å². The molecule has 0 saturated carbocycles. The third kappa shape index (κ3) is 3.36. The summed E-state index contributed by atoms with van der Waals surface area (Å²) in [6, 6.07) is 7.51. The van der Waals surface area contributed by atoms with Crippen molar-refractivity contribution in [2.45, 2.75) is 12.1 Å². The van der Waals surface area contributed by atoms with E-state index in [0.717, 1.165) is 27.6 Å². The molecule has 0 atom stereocenters. The Bertz CT molecular complexity index is 1080. The first-order valence-corrected chi connectivity index (χ1v) is 8.50. The van der Waals surface area contributed by atoms with Gasteiger partial charge in [0, 0.05) is 19.8 Å². The Labute approximate surface area is 146 Å². The molecular formula is C16H17N5O3S. The number of amides is 1. The molecule has 1 aromatic carbocycles. The van der Waals surface area contributed by atoms with Gasteiger partial charge in [0.1, 0.15) is 0 Å². The molecular weight excluding hydrogens is 342 g/mol. The molecule has 0 spiro atoms. The quantitative estimate of drug-likeness (QED) is 0.677. The molecule has 2 N–H and O–H groups in total. The number of H-pyrrole nitrogens is 1. The molecule has 0 aliphatic carbocycles. The number of fused-ring (bicyclic) bond motifs is 1. The molecule has 0 bridgehead atoms. The maximum atomic E-state index is 12.1. The van der Waals surface area contributed by atoms with Crippen molar-refractivity contribution in [3.05, 3.63) is 50.7 Å². The highest BCUT2D eigenvalue weighted by Gasteiger charge is 2.14. The Kier molecular flexibility index (Phi) is 4.49. The van der Waals surface area contributed by atoms with E-state index in [1.54, 1.807) is 7.05 Å². The Morgan fingerprint density at radius 3 is 2.76 bits per heavy atom. The van der Waals surface area contributed by atoms with Crippen LogP contribution in [0, 0.1) is 6.92 Å². The van der Waals surface area contributed by atoms with Gasteiger partial charge in [-0.1, -0.05) is 23.9 Å². The van der Waals surface area contributed by atoms with Crippen LogP contribution in [0.25, 0.3) is 11.2 Å². The van der Waals surface area contributed by atoms with Gasteiger partial charge in [-0.05, 0) is 24.6 Å². The number of carbonyl (C=O) groups excluding carboxylic acids is 1. The monoisotopic (exact) mass is 359 g/mol.